The first kappa shape index (κ1) is 11.0. The molecule has 0 unspecified atom stereocenters. The Balaban J connectivity index is 1.78. The number of nitrogens with zero attached hydrogens (tertiary/aromatic N) is 3. The van der Waals surface area contributed by atoms with Crippen LogP contribution in [0.4, 0.5) is 17.5 Å². The molecular formula is C14H15N4. The minimum atomic E-state index is 0.819. The number of rotatable bonds is 3. The maximum Gasteiger partial charge on any atom is 0.227 e. The summed E-state index contributed by atoms with van der Waals surface area (Å²) in [6.07, 6.45) is 4.27. The highest BCUT2D eigenvalue weighted by Crippen LogP contribution is 2.19. The zero-order chi connectivity index (χ0) is 12.2. The van der Waals surface area contributed by atoms with Gasteiger partial charge in [-0.05, 0) is 37.1 Å². The fourth-order valence-corrected chi connectivity index (χ4v) is 2.11. The van der Waals surface area contributed by atoms with E-state index < -0.39 is 0 Å². The van der Waals surface area contributed by atoms with Gasteiger partial charge in [-0.25, -0.2) is 4.98 Å². The fraction of sp³-hybridized carbons (Fsp3) is 0.286. The molecule has 1 radical (unpaired) electrons. The van der Waals surface area contributed by atoms with Crippen LogP contribution in [0.2, 0.25) is 0 Å². The molecule has 1 fully saturated rings. The first-order valence-corrected chi connectivity index (χ1v) is 6.23. The summed E-state index contributed by atoms with van der Waals surface area (Å²) in [5.74, 6) is 1.65. The van der Waals surface area contributed by atoms with Crippen molar-refractivity contribution in [1.29, 1.82) is 0 Å². The third-order valence-corrected chi connectivity index (χ3v) is 3.02. The monoisotopic (exact) mass is 239 g/mol. The van der Waals surface area contributed by atoms with Crippen molar-refractivity contribution in [3.63, 3.8) is 0 Å². The van der Waals surface area contributed by atoms with Gasteiger partial charge >= 0.3 is 0 Å². The fourth-order valence-electron chi connectivity index (χ4n) is 2.11. The highest BCUT2D eigenvalue weighted by Gasteiger charge is 2.14. The van der Waals surface area contributed by atoms with E-state index in [-0.39, 0.29) is 0 Å². The molecule has 2 aromatic rings. The number of hydrogen-bond acceptors (Lipinski definition) is 4. The Hall–Kier alpha value is -2.10. The van der Waals surface area contributed by atoms with Crippen LogP contribution in [0.3, 0.4) is 0 Å². The van der Waals surface area contributed by atoms with Crippen LogP contribution in [-0.4, -0.2) is 23.1 Å². The van der Waals surface area contributed by atoms with E-state index in [4.69, 9.17) is 0 Å². The molecule has 3 rings (SSSR count). The van der Waals surface area contributed by atoms with E-state index in [0.29, 0.717) is 0 Å². The minimum Gasteiger partial charge on any atom is -0.341 e. The Bertz CT molecular complexity index is 506. The first-order valence-electron chi connectivity index (χ1n) is 6.23. The summed E-state index contributed by atoms with van der Waals surface area (Å²) in [4.78, 5) is 11.1. The average Bonchev–Trinajstić information content (AvgIpc) is 2.94. The van der Waals surface area contributed by atoms with Gasteiger partial charge in [0.05, 0.1) is 0 Å². The molecule has 18 heavy (non-hydrogen) atoms. The van der Waals surface area contributed by atoms with Gasteiger partial charge < -0.3 is 10.2 Å². The quantitative estimate of drug-likeness (QED) is 0.894. The second kappa shape index (κ2) is 5.04. The van der Waals surface area contributed by atoms with Crippen LogP contribution in [0.5, 0.6) is 0 Å². The van der Waals surface area contributed by atoms with Gasteiger partial charge in [-0.3, -0.25) is 0 Å². The van der Waals surface area contributed by atoms with Crippen molar-refractivity contribution in [2.45, 2.75) is 12.8 Å². The molecular weight excluding hydrogens is 224 g/mol. The van der Waals surface area contributed by atoms with E-state index >= 15 is 0 Å². The lowest BCUT2D eigenvalue weighted by molar-refractivity contribution is 0.900. The molecule has 1 saturated heterocycles. The summed E-state index contributed by atoms with van der Waals surface area (Å²) in [7, 11) is 0. The molecule has 0 aliphatic carbocycles. The zero-order valence-electron chi connectivity index (χ0n) is 10.1. The van der Waals surface area contributed by atoms with E-state index in [9.17, 15) is 0 Å². The van der Waals surface area contributed by atoms with E-state index in [1.54, 1.807) is 6.20 Å². The van der Waals surface area contributed by atoms with Gasteiger partial charge in [0.1, 0.15) is 5.82 Å². The summed E-state index contributed by atoms with van der Waals surface area (Å²) in [6.45, 7) is 2.12. The van der Waals surface area contributed by atoms with E-state index in [1.807, 2.05) is 30.3 Å². The maximum atomic E-state index is 4.54. The molecule has 1 aliphatic rings. The van der Waals surface area contributed by atoms with Gasteiger partial charge in [-0.15, -0.1) is 0 Å². The molecule has 0 spiro atoms. The Kier molecular flexibility index (Phi) is 3.08. The van der Waals surface area contributed by atoms with Gasteiger partial charge in [0.15, 0.2) is 0 Å². The summed E-state index contributed by atoms with van der Waals surface area (Å²) >= 11 is 0. The first-order chi connectivity index (χ1) is 8.92. The predicted octanol–water partition coefficient (Wildman–Crippen LogP) is 2.62. The molecule has 91 valence electrons. The highest BCUT2D eigenvalue weighted by molar-refractivity contribution is 5.56. The van der Waals surface area contributed by atoms with Crippen molar-refractivity contribution in [2.75, 3.05) is 23.3 Å². The summed E-state index contributed by atoms with van der Waals surface area (Å²) in [6, 6.07) is 12.6. The van der Waals surface area contributed by atoms with Gasteiger partial charge in [-0.2, -0.15) is 4.98 Å². The molecule has 4 nitrogen and oxygen atoms in total. The second-order valence-electron chi connectivity index (χ2n) is 4.35. The van der Waals surface area contributed by atoms with Gasteiger partial charge in [-0.1, -0.05) is 12.1 Å². The van der Waals surface area contributed by atoms with Gasteiger partial charge in [0, 0.05) is 25.0 Å². The lowest BCUT2D eigenvalue weighted by Gasteiger charge is -2.15. The smallest absolute Gasteiger partial charge is 0.227 e. The Morgan fingerprint density at radius 1 is 1.11 bits per heavy atom. The van der Waals surface area contributed by atoms with Crippen LogP contribution in [0.1, 0.15) is 12.8 Å². The van der Waals surface area contributed by atoms with Crippen LogP contribution in [-0.2, 0) is 0 Å². The number of nitrogens with one attached hydrogen (secondary N) is 1. The van der Waals surface area contributed by atoms with E-state index in [2.05, 4.69) is 26.3 Å². The van der Waals surface area contributed by atoms with Crippen LogP contribution in [0.25, 0.3) is 0 Å². The molecule has 1 aliphatic heterocycles. The highest BCUT2D eigenvalue weighted by atomic mass is 15.3. The molecule has 1 aromatic heterocycles. The lowest BCUT2D eigenvalue weighted by atomic mass is 10.3. The average molecular weight is 239 g/mol. The van der Waals surface area contributed by atoms with Crippen LogP contribution < -0.4 is 10.2 Å². The van der Waals surface area contributed by atoms with Crippen LogP contribution in [0.15, 0.2) is 36.5 Å². The molecule has 1 N–H and O–H groups in total. The molecule has 4 heteroatoms. The summed E-state index contributed by atoms with van der Waals surface area (Å²) in [5, 5.41) is 3.27. The van der Waals surface area contributed by atoms with Crippen molar-refractivity contribution >= 4 is 17.5 Å². The molecule has 0 bridgehead atoms. The topological polar surface area (TPSA) is 41.1 Å². The predicted molar refractivity (Wildman–Crippen MR) is 72.0 cm³/mol. The lowest BCUT2D eigenvalue weighted by Crippen LogP contribution is -2.20. The van der Waals surface area contributed by atoms with E-state index in [1.165, 1.54) is 12.8 Å². The number of benzene rings is 1. The normalized spacial score (nSPS) is 14.8. The van der Waals surface area contributed by atoms with Crippen molar-refractivity contribution in [1.82, 2.24) is 9.97 Å². The Labute approximate surface area is 107 Å². The summed E-state index contributed by atoms with van der Waals surface area (Å²) < 4.78 is 0. The third-order valence-electron chi connectivity index (χ3n) is 3.02. The molecule has 0 atom stereocenters. The third kappa shape index (κ3) is 2.42. The second-order valence-corrected chi connectivity index (χ2v) is 4.35. The summed E-state index contributed by atoms with van der Waals surface area (Å²) in [5.41, 5.74) is 1.01. The molecule has 1 aromatic carbocycles. The van der Waals surface area contributed by atoms with Gasteiger partial charge in [0.2, 0.25) is 5.95 Å². The molecule has 0 saturated carbocycles. The van der Waals surface area contributed by atoms with Crippen molar-refractivity contribution in [3.05, 3.63) is 42.6 Å². The van der Waals surface area contributed by atoms with Crippen LogP contribution >= 0.6 is 0 Å². The number of hydrogen-bond donors (Lipinski definition) is 1. The van der Waals surface area contributed by atoms with Crippen LogP contribution in [0, 0.1) is 6.07 Å². The van der Waals surface area contributed by atoms with Gasteiger partial charge in [0.25, 0.3) is 0 Å². The number of aromatic nitrogens is 2. The Morgan fingerprint density at radius 3 is 2.67 bits per heavy atom. The zero-order valence-corrected chi connectivity index (χ0v) is 10.1. The molecule has 2 heterocycles. The Morgan fingerprint density at radius 2 is 1.89 bits per heavy atom. The van der Waals surface area contributed by atoms with Crippen molar-refractivity contribution in [3.8, 4) is 0 Å². The SMILES string of the molecule is [c]1ccc(Nc2ccnc(N3CCCC3)n2)cc1. The molecule has 0 amide bonds. The minimum absolute atomic E-state index is 0.819. The van der Waals surface area contributed by atoms with E-state index in [0.717, 1.165) is 30.5 Å². The maximum absolute atomic E-state index is 4.54. The van der Waals surface area contributed by atoms with Crippen molar-refractivity contribution < 1.29 is 0 Å². The largest absolute Gasteiger partial charge is 0.341 e. The number of anilines is 3. The standard InChI is InChI=1S/C14H15N4/c1-2-6-12(7-3-1)16-13-8-9-15-14(17-13)18-10-4-5-11-18/h2-3,6-9H,4-5,10-11H2,(H,15,16,17). The van der Waals surface area contributed by atoms with Crippen molar-refractivity contribution in [2.24, 2.45) is 0 Å².